The van der Waals surface area contributed by atoms with Gasteiger partial charge in [0, 0.05) is 29.1 Å². The van der Waals surface area contributed by atoms with Crippen molar-refractivity contribution >= 4 is 40.0 Å². The lowest BCUT2D eigenvalue weighted by atomic mass is 10.0. The maximum Gasteiger partial charge on any atom is 0.276 e. The van der Waals surface area contributed by atoms with Gasteiger partial charge in [-0.3, -0.25) is 24.5 Å². The average molecular weight is 510 g/mol. The summed E-state index contributed by atoms with van der Waals surface area (Å²) in [5, 5.41) is 16.5. The number of pyridine rings is 2. The molecule has 4 N–H and O–H groups in total. The van der Waals surface area contributed by atoms with Crippen LogP contribution in [-0.4, -0.2) is 43.9 Å². The molecular formula is C28H27N7O3. The monoisotopic (exact) mass is 509 g/mol. The van der Waals surface area contributed by atoms with Crippen molar-refractivity contribution in [2.75, 3.05) is 10.6 Å². The van der Waals surface area contributed by atoms with Crippen molar-refractivity contribution in [3.63, 3.8) is 0 Å². The second-order valence-corrected chi connectivity index (χ2v) is 9.90. The molecule has 10 heteroatoms. The number of hydrogen-bond donors (Lipinski definition) is 4. The van der Waals surface area contributed by atoms with Crippen LogP contribution < -0.4 is 16.0 Å². The molecule has 6 rings (SSSR count). The molecule has 38 heavy (non-hydrogen) atoms. The molecule has 0 atom stereocenters. The standard InChI is InChI=1S/C28H27N7O3/c36-26(16-5-6-16)33-21-11-18(13-29-14-21)17-7-9-23-22(12-17)25(35-34-23)28(38)32-20-8-10-24(30-15-20)27(37)31-19-3-1-2-4-19/h7-16,19H,1-6H2,(H,31,37)(H,32,38)(H,33,36)(H,34,35). The summed E-state index contributed by atoms with van der Waals surface area (Å²) in [7, 11) is 0. The summed E-state index contributed by atoms with van der Waals surface area (Å²) in [4.78, 5) is 46.1. The number of carbonyl (C=O) groups excluding carboxylic acids is 3. The fraction of sp³-hybridized carbons (Fsp3) is 0.286. The molecule has 192 valence electrons. The molecule has 3 amide bonds. The Labute approximate surface area is 218 Å². The lowest BCUT2D eigenvalue weighted by Gasteiger charge is -2.11. The van der Waals surface area contributed by atoms with Crippen molar-refractivity contribution in [3.8, 4) is 11.1 Å². The molecule has 0 bridgehead atoms. The number of H-pyrrole nitrogens is 1. The van der Waals surface area contributed by atoms with Gasteiger partial charge >= 0.3 is 0 Å². The van der Waals surface area contributed by atoms with Crippen molar-refractivity contribution in [2.45, 2.75) is 44.6 Å². The van der Waals surface area contributed by atoms with Crippen molar-refractivity contribution in [3.05, 3.63) is 66.4 Å². The Hall–Kier alpha value is -4.60. The second kappa shape index (κ2) is 10.0. The van der Waals surface area contributed by atoms with Gasteiger partial charge in [-0.1, -0.05) is 18.9 Å². The van der Waals surface area contributed by atoms with E-state index >= 15 is 0 Å². The number of carbonyl (C=O) groups is 3. The lowest BCUT2D eigenvalue weighted by molar-refractivity contribution is -0.117. The van der Waals surface area contributed by atoms with Crippen LogP contribution in [0.2, 0.25) is 0 Å². The van der Waals surface area contributed by atoms with E-state index in [9.17, 15) is 14.4 Å². The number of nitrogens with zero attached hydrogens (tertiary/aromatic N) is 3. The number of amides is 3. The topological polar surface area (TPSA) is 142 Å². The Morgan fingerprint density at radius 2 is 1.66 bits per heavy atom. The fourth-order valence-electron chi connectivity index (χ4n) is 4.74. The first-order chi connectivity index (χ1) is 18.5. The van der Waals surface area contributed by atoms with Crippen LogP contribution in [-0.2, 0) is 4.79 Å². The highest BCUT2D eigenvalue weighted by atomic mass is 16.2. The highest BCUT2D eigenvalue weighted by molar-refractivity contribution is 6.11. The van der Waals surface area contributed by atoms with Gasteiger partial charge in [0.1, 0.15) is 5.69 Å². The van der Waals surface area contributed by atoms with Crippen molar-refractivity contribution < 1.29 is 14.4 Å². The van der Waals surface area contributed by atoms with Crippen LogP contribution in [0.5, 0.6) is 0 Å². The highest BCUT2D eigenvalue weighted by Crippen LogP contribution is 2.31. The van der Waals surface area contributed by atoms with E-state index in [4.69, 9.17) is 0 Å². The predicted octanol–water partition coefficient (Wildman–Crippen LogP) is 4.29. The summed E-state index contributed by atoms with van der Waals surface area (Å²) in [6.07, 6.45) is 10.9. The minimum atomic E-state index is -0.401. The molecule has 2 saturated carbocycles. The quantitative estimate of drug-likeness (QED) is 0.293. The Morgan fingerprint density at radius 3 is 2.42 bits per heavy atom. The molecule has 2 aliphatic rings. The van der Waals surface area contributed by atoms with Crippen LogP contribution in [0.3, 0.4) is 0 Å². The Kier molecular flexibility index (Phi) is 6.28. The maximum absolute atomic E-state index is 13.1. The Balaban J connectivity index is 1.17. The number of benzene rings is 1. The third-order valence-corrected chi connectivity index (χ3v) is 7.01. The zero-order valence-corrected chi connectivity index (χ0v) is 20.7. The minimum Gasteiger partial charge on any atom is -0.348 e. The summed E-state index contributed by atoms with van der Waals surface area (Å²) in [5.74, 6) is -0.485. The van der Waals surface area contributed by atoms with Gasteiger partial charge < -0.3 is 16.0 Å². The van der Waals surface area contributed by atoms with E-state index in [0.717, 1.165) is 49.7 Å². The van der Waals surface area contributed by atoms with Gasteiger partial charge in [-0.2, -0.15) is 5.10 Å². The number of nitrogens with one attached hydrogen (secondary N) is 4. The predicted molar refractivity (Wildman–Crippen MR) is 143 cm³/mol. The number of rotatable bonds is 7. The normalized spacial score (nSPS) is 15.4. The summed E-state index contributed by atoms with van der Waals surface area (Å²) >= 11 is 0. The third-order valence-electron chi connectivity index (χ3n) is 7.01. The maximum atomic E-state index is 13.1. The summed E-state index contributed by atoms with van der Waals surface area (Å²) in [6, 6.07) is 11.0. The Bertz CT molecular complexity index is 1520. The summed E-state index contributed by atoms with van der Waals surface area (Å²) < 4.78 is 0. The molecule has 0 unspecified atom stereocenters. The number of anilines is 2. The first-order valence-corrected chi connectivity index (χ1v) is 12.9. The van der Waals surface area contributed by atoms with E-state index in [1.54, 1.807) is 24.5 Å². The molecule has 3 heterocycles. The summed E-state index contributed by atoms with van der Waals surface area (Å²) in [6.45, 7) is 0. The largest absolute Gasteiger partial charge is 0.348 e. The molecule has 4 aromatic rings. The molecule has 0 radical (unpaired) electrons. The molecule has 2 aliphatic carbocycles. The Morgan fingerprint density at radius 1 is 0.816 bits per heavy atom. The zero-order chi connectivity index (χ0) is 26.1. The molecule has 0 saturated heterocycles. The molecule has 1 aromatic carbocycles. The van der Waals surface area contributed by atoms with E-state index < -0.39 is 5.91 Å². The van der Waals surface area contributed by atoms with E-state index in [2.05, 4.69) is 36.1 Å². The van der Waals surface area contributed by atoms with Gasteiger partial charge in [0.05, 0.1) is 29.3 Å². The van der Waals surface area contributed by atoms with E-state index in [1.165, 1.54) is 6.20 Å². The second-order valence-electron chi connectivity index (χ2n) is 9.90. The smallest absolute Gasteiger partial charge is 0.276 e. The fourth-order valence-corrected chi connectivity index (χ4v) is 4.74. The van der Waals surface area contributed by atoms with Crippen LogP contribution in [0.4, 0.5) is 11.4 Å². The molecular weight excluding hydrogens is 482 g/mol. The van der Waals surface area contributed by atoms with Gasteiger partial charge in [0.15, 0.2) is 5.69 Å². The zero-order valence-electron chi connectivity index (χ0n) is 20.7. The van der Waals surface area contributed by atoms with Crippen molar-refractivity contribution in [2.24, 2.45) is 5.92 Å². The first-order valence-electron chi connectivity index (χ1n) is 12.9. The number of fused-ring (bicyclic) bond motifs is 1. The van der Waals surface area contributed by atoms with Crippen LogP contribution in [0.1, 0.15) is 59.5 Å². The van der Waals surface area contributed by atoms with Crippen LogP contribution in [0.15, 0.2) is 55.0 Å². The minimum absolute atomic E-state index is 0.0187. The summed E-state index contributed by atoms with van der Waals surface area (Å²) in [5.41, 5.74) is 4.00. The van der Waals surface area contributed by atoms with Gasteiger partial charge in [-0.15, -0.1) is 0 Å². The van der Waals surface area contributed by atoms with Crippen LogP contribution >= 0.6 is 0 Å². The average Bonchev–Trinajstić information content (AvgIpc) is 3.50. The highest BCUT2D eigenvalue weighted by Gasteiger charge is 2.29. The molecule has 0 spiro atoms. The van der Waals surface area contributed by atoms with Gasteiger partial charge in [-0.25, -0.2) is 4.98 Å². The number of aromatic nitrogens is 4. The first kappa shape index (κ1) is 23.8. The van der Waals surface area contributed by atoms with Gasteiger partial charge in [0.25, 0.3) is 11.8 Å². The number of hydrogen-bond acceptors (Lipinski definition) is 6. The van der Waals surface area contributed by atoms with Gasteiger partial charge in [-0.05, 0) is 61.6 Å². The van der Waals surface area contributed by atoms with Crippen LogP contribution in [0, 0.1) is 5.92 Å². The van der Waals surface area contributed by atoms with E-state index in [0.29, 0.717) is 28.0 Å². The van der Waals surface area contributed by atoms with Crippen molar-refractivity contribution in [1.82, 2.24) is 25.5 Å². The number of aromatic amines is 1. The van der Waals surface area contributed by atoms with Gasteiger partial charge in [0.2, 0.25) is 5.91 Å². The third kappa shape index (κ3) is 5.10. The molecule has 3 aromatic heterocycles. The molecule has 0 aliphatic heterocycles. The SMILES string of the molecule is O=C(NC1CCCC1)c1ccc(NC(=O)c2n[nH]c3ccc(-c4cncc(NC(=O)C5CC5)c4)cc23)cn1. The molecule has 2 fully saturated rings. The van der Waals surface area contributed by atoms with Crippen LogP contribution in [0.25, 0.3) is 22.0 Å². The van der Waals surface area contributed by atoms with Crippen molar-refractivity contribution in [1.29, 1.82) is 0 Å². The van der Waals surface area contributed by atoms with E-state index in [1.807, 2.05) is 24.3 Å². The lowest BCUT2D eigenvalue weighted by Crippen LogP contribution is -2.33. The molecule has 10 nitrogen and oxygen atoms in total. The van der Waals surface area contributed by atoms with E-state index in [-0.39, 0.29) is 29.5 Å².